The van der Waals surface area contributed by atoms with Gasteiger partial charge >= 0.3 is 18.0 Å². The Labute approximate surface area is 153 Å². The third kappa shape index (κ3) is 3.66. The van der Waals surface area contributed by atoms with Crippen LogP contribution in [0.3, 0.4) is 0 Å². The van der Waals surface area contributed by atoms with Gasteiger partial charge in [-0.1, -0.05) is 18.2 Å². The van der Waals surface area contributed by atoms with Gasteiger partial charge in [0, 0.05) is 22.7 Å². The molecule has 0 atom stereocenters. The van der Waals surface area contributed by atoms with Crippen molar-refractivity contribution in [3.63, 3.8) is 0 Å². The van der Waals surface area contributed by atoms with Crippen LogP contribution in [0.4, 0.5) is 4.79 Å². The van der Waals surface area contributed by atoms with Crippen LogP contribution >= 0.6 is 0 Å². The summed E-state index contributed by atoms with van der Waals surface area (Å²) in [6.07, 6.45) is 3.14. The van der Waals surface area contributed by atoms with Crippen molar-refractivity contribution in [1.29, 1.82) is 0 Å². The molecule has 3 rings (SSSR count). The number of imide groups is 1. The Kier molecular flexibility index (Phi) is 4.93. The van der Waals surface area contributed by atoms with Gasteiger partial charge in [0.05, 0.1) is 6.61 Å². The Morgan fingerprint density at radius 1 is 1.22 bits per heavy atom. The Hall–Kier alpha value is -3.62. The fraction of sp³-hybridized carbons (Fsp3) is 0.222. The van der Waals surface area contributed by atoms with E-state index in [1.54, 1.807) is 17.7 Å². The minimum absolute atomic E-state index is 0.00295. The number of aliphatic carboxylic acids is 1. The topological polar surface area (TPSA) is 118 Å². The van der Waals surface area contributed by atoms with Gasteiger partial charge in [0.25, 0.3) is 5.91 Å². The van der Waals surface area contributed by atoms with Crippen molar-refractivity contribution < 1.29 is 29.0 Å². The molecule has 1 aliphatic rings. The summed E-state index contributed by atoms with van der Waals surface area (Å²) in [7, 11) is 0. The number of aromatic nitrogens is 1. The molecule has 2 heterocycles. The molecule has 0 bridgehead atoms. The minimum Gasteiger partial charge on any atom is -0.480 e. The molecule has 0 aliphatic carbocycles. The van der Waals surface area contributed by atoms with E-state index in [2.05, 4.69) is 5.32 Å². The van der Waals surface area contributed by atoms with Gasteiger partial charge in [0.2, 0.25) is 0 Å². The number of amides is 3. The predicted molar refractivity (Wildman–Crippen MR) is 94.4 cm³/mol. The summed E-state index contributed by atoms with van der Waals surface area (Å²) in [6, 6.07) is 6.48. The molecule has 1 aromatic heterocycles. The second-order valence-electron chi connectivity index (χ2n) is 5.81. The molecule has 0 unspecified atom stereocenters. The molecule has 27 heavy (non-hydrogen) atoms. The van der Waals surface area contributed by atoms with E-state index in [1.807, 2.05) is 24.3 Å². The number of urea groups is 1. The molecule has 1 aromatic carbocycles. The van der Waals surface area contributed by atoms with E-state index in [1.165, 1.54) is 6.08 Å². The number of carboxylic acid groups (broad SMARTS) is 1. The molecule has 140 valence electrons. The maximum absolute atomic E-state index is 12.3. The first-order valence-corrected chi connectivity index (χ1v) is 8.20. The van der Waals surface area contributed by atoms with Crippen LogP contribution in [0.25, 0.3) is 17.0 Å². The van der Waals surface area contributed by atoms with Crippen LogP contribution in [0.1, 0.15) is 12.5 Å². The Morgan fingerprint density at radius 3 is 2.67 bits per heavy atom. The SMILES string of the molecule is CCOC(=O)Cn1cc(/C=C2/NC(=O)N(CC(=O)O)C2=O)c2ccccc21. The molecule has 2 N–H and O–H groups in total. The summed E-state index contributed by atoms with van der Waals surface area (Å²) in [6.45, 7) is 1.28. The standard InChI is InChI=1S/C18H17N3O6/c1-2-27-16(24)10-20-8-11(12-5-3-4-6-14(12)20)7-13-17(25)21(9-15(22)23)18(26)19-13/h3-8H,2,9-10H2,1H3,(H,19,26)(H,22,23)/b13-7+. The summed E-state index contributed by atoms with van der Waals surface area (Å²) in [5.41, 5.74) is 1.34. The zero-order valence-electron chi connectivity index (χ0n) is 14.5. The summed E-state index contributed by atoms with van der Waals surface area (Å²) in [5.74, 6) is -2.40. The number of rotatable bonds is 6. The fourth-order valence-electron chi connectivity index (χ4n) is 2.87. The number of carbonyl (C=O) groups is 4. The van der Waals surface area contributed by atoms with Crippen LogP contribution in [0, 0.1) is 0 Å². The first kappa shape index (κ1) is 18.2. The van der Waals surface area contributed by atoms with Crippen molar-refractivity contribution in [3.05, 3.63) is 41.7 Å². The van der Waals surface area contributed by atoms with Gasteiger partial charge in [-0.25, -0.2) is 9.69 Å². The Balaban J connectivity index is 1.96. The van der Waals surface area contributed by atoms with Crippen molar-refractivity contribution >= 4 is 40.9 Å². The first-order valence-electron chi connectivity index (χ1n) is 8.20. The highest BCUT2D eigenvalue weighted by Crippen LogP contribution is 2.24. The van der Waals surface area contributed by atoms with E-state index in [0.29, 0.717) is 10.5 Å². The summed E-state index contributed by atoms with van der Waals surface area (Å²) in [4.78, 5) is 47.4. The smallest absolute Gasteiger partial charge is 0.329 e. The number of nitrogens with one attached hydrogen (secondary N) is 1. The summed E-state index contributed by atoms with van der Waals surface area (Å²) >= 11 is 0. The lowest BCUT2D eigenvalue weighted by Gasteiger charge is -2.06. The second kappa shape index (κ2) is 7.32. The van der Waals surface area contributed by atoms with E-state index in [-0.39, 0.29) is 18.8 Å². The van der Waals surface area contributed by atoms with Crippen LogP contribution < -0.4 is 5.32 Å². The fourth-order valence-corrected chi connectivity index (χ4v) is 2.87. The van der Waals surface area contributed by atoms with Gasteiger partial charge in [-0.05, 0) is 19.1 Å². The number of benzene rings is 1. The van der Waals surface area contributed by atoms with Gasteiger partial charge < -0.3 is 19.7 Å². The number of fused-ring (bicyclic) bond motifs is 1. The highest BCUT2D eigenvalue weighted by molar-refractivity contribution is 6.15. The van der Waals surface area contributed by atoms with Gasteiger partial charge in [-0.3, -0.25) is 14.4 Å². The van der Waals surface area contributed by atoms with Crippen molar-refractivity contribution in [2.45, 2.75) is 13.5 Å². The highest BCUT2D eigenvalue weighted by Gasteiger charge is 2.35. The molecule has 0 saturated carbocycles. The molecule has 1 aliphatic heterocycles. The minimum atomic E-state index is -1.29. The lowest BCUT2D eigenvalue weighted by Crippen LogP contribution is -2.35. The van der Waals surface area contributed by atoms with Gasteiger partial charge in [0.15, 0.2) is 0 Å². The maximum Gasteiger partial charge on any atom is 0.329 e. The Bertz CT molecular complexity index is 975. The Morgan fingerprint density at radius 2 is 1.96 bits per heavy atom. The van der Waals surface area contributed by atoms with Crippen molar-refractivity contribution in [1.82, 2.24) is 14.8 Å². The van der Waals surface area contributed by atoms with E-state index in [9.17, 15) is 19.2 Å². The van der Waals surface area contributed by atoms with Gasteiger partial charge in [-0.2, -0.15) is 0 Å². The van der Waals surface area contributed by atoms with Crippen LogP contribution in [0.15, 0.2) is 36.2 Å². The van der Waals surface area contributed by atoms with Crippen molar-refractivity contribution in [2.75, 3.05) is 13.2 Å². The van der Waals surface area contributed by atoms with Gasteiger partial charge in [-0.15, -0.1) is 0 Å². The summed E-state index contributed by atoms with van der Waals surface area (Å²) in [5, 5.41) is 12.0. The van der Waals surface area contributed by atoms with Crippen molar-refractivity contribution in [3.8, 4) is 0 Å². The third-order valence-electron chi connectivity index (χ3n) is 3.98. The van der Waals surface area contributed by atoms with Crippen LogP contribution in [-0.2, 0) is 25.7 Å². The number of hydrogen-bond acceptors (Lipinski definition) is 5. The second-order valence-corrected chi connectivity index (χ2v) is 5.81. The molecule has 2 aromatic rings. The van der Waals surface area contributed by atoms with E-state index < -0.39 is 30.4 Å². The molecule has 1 fully saturated rings. The predicted octanol–water partition coefficient (Wildman–Crippen LogP) is 1.18. The molecular weight excluding hydrogens is 354 g/mol. The third-order valence-corrected chi connectivity index (χ3v) is 3.98. The van der Waals surface area contributed by atoms with E-state index in [4.69, 9.17) is 9.84 Å². The largest absolute Gasteiger partial charge is 0.480 e. The average Bonchev–Trinajstić information content (AvgIpc) is 3.08. The molecular formula is C18H17N3O6. The van der Waals surface area contributed by atoms with E-state index in [0.717, 1.165) is 10.9 Å². The number of carboxylic acids is 1. The number of esters is 1. The quantitative estimate of drug-likeness (QED) is 0.447. The lowest BCUT2D eigenvalue weighted by atomic mass is 10.1. The number of nitrogens with zero attached hydrogens (tertiary/aromatic N) is 2. The zero-order chi connectivity index (χ0) is 19.6. The van der Waals surface area contributed by atoms with Gasteiger partial charge in [0.1, 0.15) is 18.8 Å². The lowest BCUT2D eigenvalue weighted by molar-refractivity contribution is -0.143. The number of para-hydroxylation sites is 1. The van der Waals surface area contributed by atoms with Crippen molar-refractivity contribution in [2.24, 2.45) is 0 Å². The molecule has 0 spiro atoms. The average molecular weight is 371 g/mol. The summed E-state index contributed by atoms with van der Waals surface area (Å²) < 4.78 is 6.66. The molecule has 1 saturated heterocycles. The number of carbonyl (C=O) groups excluding carboxylic acids is 3. The van der Waals surface area contributed by atoms with Crippen LogP contribution in [-0.4, -0.2) is 51.6 Å². The maximum atomic E-state index is 12.3. The molecule has 0 radical (unpaired) electrons. The molecule has 9 heteroatoms. The zero-order valence-corrected chi connectivity index (χ0v) is 14.5. The van der Waals surface area contributed by atoms with Crippen LogP contribution in [0.5, 0.6) is 0 Å². The highest BCUT2D eigenvalue weighted by atomic mass is 16.5. The first-order chi connectivity index (χ1) is 12.9. The molecule has 9 nitrogen and oxygen atoms in total. The van der Waals surface area contributed by atoms with Crippen LogP contribution in [0.2, 0.25) is 0 Å². The monoisotopic (exact) mass is 371 g/mol. The number of hydrogen-bond donors (Lipinski definition) is 2. The normalized spacial score (nSPS) is 15.4. The number of ether oxygens (including phenoxy) is 1. The molecule has 3 amide bonds. The van der Waals surface area contributed by atoms with E-state index >= 15 is 0 Å².